The molecule has 0 unspecified atom stereocenters. The van der Waals surface area contributed by atoms with Crippen LogP contribution in [0.4, 0.5) is 10.5 Å². The third-order valence-electron chi connectivity index (χ3n) is 4.13. The molecule has 134 valence electrons. The SMILES string of the molecule is COc1ccc(OC)c(N2CCN(C(=O)NCCN(C)C)CC2)c1. The summed E-state index contributed by atoms with van der Waals surface area (Å²) in [6.45, 7) is 4.42. The van der Waals surface area contributed by atoms with Crippen LogP contribution < -0.4 is 19.7 Å². The predicted molar refractivity (Wildman–Crippen MR) is 95.3 cm³/mol. The van der Waals surface area contributed by atoms with Crippen LogP contribution in [0.1, 0.15) is 0 Å². The summed E-state index contributed by atoms with van der Waals surface area (Å²) in [7, 11) is 7.31. The molecule has 0 atom stereocenters. The molecule has 7 heteroatoms. The van der Waals surface area contributed by atoms with Crippen molar-refractivity contribution in [3.8, 4) is 11.5 Å². The van der Waals surface area contributed by atoms with Gasteiger partial charge in [0.25, 0.3) is 0 Å². The highest BCUT2D eigenvalue weighted by Crippen LogP contribution is 2.32. The molecule has 1 N–H and O–H groups in total. The van der Waals surface area contributed by atoms with Crippen molar-refractivity contribution in [2.75, 3.05) is 72.5 Å². The Hall–Kier alpha value is -2.15. The van der Waals surface area contributed by atoms with E-state index in [1.54, 1.807) is 14.2 Å². The van der Waals surface area contributed by atoms with Crippen LogP contribution in [0.15, 0.2) is 18.2 Å². The van der Waals surface area contributed by atoms with Gasteiger partial charge in [-0.2, -0.15) is 0 Å². The summed E-state index contributed by atoms with van der Waals surface area (Å²) in [5.74, 6) is 1.62. The number of carbonyl (C=O) groups is 1. The predicted octanol–water partition coefficient (Wildman–Crippen LogP) is 1.10. The van der Waals surface area contributed by atoms with Crippen LogP contribution in [-0.2, 0) is 0 Å². The van der Waals surface area contributed by atoms with Gasteiger partial charge in [0.15, 0.2) is 0 Å². The van der Waals surface area contributed by atoms with Gasteiger partial charge in [-0.15, -0.1) is 0 Å². The summed E-state index contributed by atoms with van der Waals surface area (Å²) < 4.78 is 10.8. The monoisotopic (exact) mass is 336 g/mol. The number of methoxy groups -OCH3 is 2. The second kappa shape index (κ2) is 8.63. The lowest BCUT2D eigenvalue weighted by Gasteiger charge is -2.36. The molecular weight excluding hydrogens is 308 g/mol. The summed E-state index contributed by atoms with van der Waals surface area (Å²) >= 11 is 0. The highest BCUT2D eigenvalue weighted by atomic mass is 16.5. The summed E-state index contributed by atoms with van der Waals surface area (Å²) in [6.07, 6.45) is 0. The van der Waals surface area contributed by atoms with Crippen LogP contribution in [0.25, 0.3) is 0 Å². The fourth-order valence-electron chi connectivity index (χ4n) is 2.69. The van der Waals surface area contributed by atoms with Gasteiger partial charge in [0.1, 0.15) is 11.5 Å². The van der Waals surface area contributed by atoms with Gasteiger partial charge < -0.3 is 29.5 Å². The lowest BCUT2D eigenvalue weighted by Crippen LogP contribution is -2.52. The van der Waals surface area contributed by atoms with E-state index in [2.05, 4.69) is 10.2 Å². The maximum absolute atomic E-state index is 12.2. The molecule has 2 rings (SSSR count). The fraction of sp³-hybridized carbons (Fsp3) is 0.588. The van der Waals surface area contributed by atoms with Crippen molar-refractivity contribution in [3.63, 3.8) is 0 Å². The maximum atomic E-state index is 12.2. The van der Waals surface area contributed by atoms with Gasteiger partial charge in [0.05, 0.1) is 19.9 Å². The Morgan fingerprint density at radius 1 is 1.17 bits per heavy atom. The summed E-state index contributed by atoms with van der Waals surface area (Å²) in [5.41, 5.74) is 1.00. The van der Waals surface area contributed by atoms with Gasteiger partial charge in [-0.25, -0.2) is 4.79 Å². The molecule has 1 heterocycles. The molecule has 7 nitrogen and oxygen atoms in total. The Bertz CT molecular complexity index is 543. The van der Waals surface area contributed by atoms with Gasteiger partial charge in [-0.3, -0.25) is 0 Å². The zero-order valence-corrected chi connectivity index (χ0v) is 15.0. The molecule has 0 spiro atoms. The zero-order valence-electron chi connectivity index (χ0n) is 15.0. The van der Waals surface area contributed by atoms with E-state index < -0.39 is 0 Å². The quantitative estimate of drug-likeness (QED) is 0.843. The Balaban J connectivity index is 1.91. The molecule has 1 aromatic rings. The van der Waals surface area contributed by atoms with E-state index in [0.717, 1.165) is 36.8 Å². The number of nitrogens with zero attached hydrogens (tertiary/aromatic N) is 3. The summed E-state index contributed by atoms with van der Waals surface area (Å²) in [4.78, 5) is 18.3. The number of ether oxygens (including phenoxy) is 2. The van der Waals surface area contributed by atoms with Gasteiger partial charge in [0.2, 0.25) is 0 Å². The Labute approximate surface area is 144 Å². The fourth-order valence-corrected chi connectivity index (χ4v) is 2.69. The second-order valence-electron chi connectivity index (χ2n) is 6.05. The smallest absolute Gasteiger partial charge is 0.317 e. The molecule has 1 aliphatic heterocycles. The molecule has 2 amide bonds. The van der Waals surface area contributed by atoms with Crippen molar-refractivity contribution in [1.82, 2.24) is 15.1 Å². The minimum absolute atomic E-state index is 0.00843. The lowest BCUT2D eigenvalue weighted by atomic mass is 10.2. The van der Waals surface area contributed by atoms with Crippen LogP contribution in [-0.4, -0.2) is 83.4 Å². The standard InChI is InChI=1S/C17H28N4O3/c1-19(2)8-7-18-17(22)21-11-9-20(10-12-21)15-13-14(23-3)5-6-16(15)24-4/h5-6,13H,7-12H2,1-4H3,(H,18,22). The number of urea groups is 1. The minimum atomic E-state index is 0.00843. The average Bonchev–Trinajstić information content (AvgIpc) is 2.60. The Kier molecular flexibility index (Phi) is 6.54. The first-order valence-electron chi connectivity index (χ1n) is 8.19. The minimum Gasteiger partial charge on any atom is -0.497 e. The molecule has 0 radical (unpaired) electrons. The number of piperazine rings is 1. The van der Waals surface area contributed by atoms with Crippen molar-refractivity contribution in [2.45, 2.75) is 0 Å². The van der Waals surface area contributed by atoms with E-state index in [1.807, 2.05) is 42.1 Å². The molecule has 1 aromatic carbocycles. The number of carbonyl (C=O) groups excluding carboxylic acids is 1. The average molecular weight is 336 g/mol. The van der Waals surface area contributed by atoms with Gasteiger partial charge in [-0.05, 0) is 26.2 Å². The summed E-state index contributed by atoms with van der Waals surface area (Å²) in [5, 5.41) is 2.96. The van der Waals surface area contributed by atoms with Crippen LogP contribution in [0.3, 0.4) is 0 Å². The molecular formula is C17H28N4O3. The molecule has 24 heavy (non-hydrogen) atoms. The number of hydrogen-bond donors (Lipinski definition) is 1. The Morgan fingerprint density at radius 3 is 2.46 bits per heavy atom. The molecule has 1 aliphatic rings. The number of hydrogen-bond acceptors (Lipinski definition) is 5. The van der Waals surface area contributed by atoms with Crippen LogP contribution in [0, 0.1) is 0 Å². The normalized spacial score (nSPS) is 14.7. The zero-order chi connectivity index (χ0) is 17.5. The van der Waals surface area contributed by atoms with Crippen molar-refractivity contribution < 1.29 is 14.3 Å². The van der Waals surface area contributed by atoms with E-state index in [4.69, 9.17) is 9.47 Å². The van der Waals surface area contributed by atoms with E-state index in [1.165, 1.54) is 0 Å². The molecule has 0 aliphatic carbocycles. The number of benzene rings is 1. The van der Waals surface area contributed by atoms with Crippen LogP contribution in [0.5, 0.6) is 11.5 Å². The number of nitrogens with one attached hydrogen (secondary N) is 1. The highest BCUT2D eigenvalue weighted by molar-refractivity contribution is 5.74. The number of amides is 2. The van der Waals surface area contributed by atoms with Crippen LogP contribution in [0.2, 0.25) is 0 Å². The first-order chi connectivity index (χ1) is 11.5. The van der Waals surface area contributed by atoms with E-state index in [-0.39, 0.29) is 6.03 Å². The third kappa shape index (κ3) is 4.67. The van der Waals surface area contributed by atoms with Crippen molar-refractivity contribution in [3.05, 3.63) is 18.2 Å². The number of anilines is 1. The largest absolute Gasteiger partial charge is 0.497 e. The number of rotatable bonds is 6. The highest BCUT2D eigenvalue weighted by Gasteiger charge is 2.23. The Morgan fingerprint density at radius 2 is 1.88 bits per heavy atom. The number of likely N-dealkylation sites (N-methyl/N-ethyl adjacent to an activating group) is 1. The van der Waals surface area contributed by atoms with Crippen molar-refractivity contribution >= 4 is 11.7 Å². The summed E-state index contributed by atoms with van der Waals surface area (Å²) in [6, 6.07) is 5.78. The van der Waals surface area contributed by atoms with Crippen molar-refractivity contribution in [1.29, 1.82) is 0 Å². The van der Waals surface area contributed by atoms with Gasteiger partial charge in [-0.1, -0.05) is 0 Å². The molecule has 0 bridgehead atoms. The van der Waals surface area contributed by atoms with E-state index in [9.17, 15) is 4.79 Å². The molecule has 0 aromatic heterocycles. The topological polar surface area (TPSA) is 57.3 Å². The lowest BCUT2D eigenvalue weighted by molar-refractivity contribution is 0.193. The van der Waals surface area contributed by atoms with E-state index in [0.29, 0.717) is 19.6 Å². The maximum Gasteiger partial charge on any atom is 0.317 e. The first-order valence-corrected chi connectivity index (χ1v) is 8.19. The molecule has 1 saturated heterocycles. The van der Waals surface area contributed by atoms with Gasteiger partial charge >= 0.3 is 6.03 Å². The molecule has 1 fully saturated rings. The van der Waals surface area contributed by atoms with E-state index >= 15 is 0 Å². The van der Waals surface area contributed by atoms with Crippen LogP contribution >= 0.6 is 0 Å². The van der Waals surface area contributed by atoms with Gasteiger partial charge in [0, 0.05) is 45.3 Å². The van der Waals surface area contributed by atoms with Crippen molar-refractivity contribution in [2.24, 2.45) is 0 Å². The third-order valence-corrected chi connectivity index (χ3v) is 4.13. The second-order valence-corrected chi connectivity index (χ2v) is 6.05. The first kappa shape index (κ1) is 18.2. The molecule has 0 saturated carbocycles.